The summed E-state index contributed by atoms with van der Waals surface area (Å²) >= 11 is 0. The van der Waals surface area contributed by atoms with E-state index in [0.29, 0.717) is 23.6 Å². The Bertz CT molecular complexity index is 550. The first-order chi connectivity index (χ1) is 11.5. The Kier molecular flexibility index (Phi) is 6.49. The molecule has 1 fully saturated rings. The second-order valence-electron chi connectivity index (χ2n) is 6.79. The number of ether oxygens (including phenoxy) is 2. The van der Waals surface area contributed by atoms with Crippen molar-refractivity contribution in [2.24, 2.45) is 0 Å². The summed E-state index contributed by atoms with van der Waals surface area (Å²) in [6.45, 7) is 0.674. The molecular formula is C19H30N2O3. The van der Waals surface area contributed by atoms with E-state index in [2.05, 4.69) is 24.3 Å². The monoisotopic (exact) mass is 334 g/mol. The maximum atomic E-state index is 12.6. The van der Waals surface area contributed by atoms with Gasteiger partial charge in [0.05, 0.1) is 14.2 Å². The molecule has 2 rings (SSSR count). The van der Waals surface area contributed by atoms with Gasteiger partial charge in [-0.15, -0.1) is 0 Å². The molecule has 0 radical (unpaired) electrons. The molecule has 1 aromatic rings. The Labute approximate surface area is 145 Å². The molecule has 0 saturated heterocycles. The molecule has 0 atom stereocenters. The molecule has 1 saturated carbocycles. The molecule has 1 aliphatic carbocycles. The van der Waals surface area contributed by atoms with Gasteiger partial charge in [0.2, 0.25) is 0 Å². The van der Waals surface area contributed by atoms with E-state index in [0.717, 1.165) is 12.8 Å². The fourth-order valence-electron chi connectivity index (χ4n) is 3.49. The van der Waals surface area contributed by atoms with Crippen molar-refractivity contribution in [3.05, 3.63) is 23.8 Å². The lowest BCUT2D eigenvalue weighted by atomic mass is 9.88. The molecule has 0 aromatic heterocycles. The van der Waals surface area contributed by atoms with Crippen molar-refractivity contribution in [1.82, 2.24) is 10.2 Å². The quantitative estimate of drug-likeness (QED) is 0.812. The summed E-state index contributed by atoms with van der Waals surface area (Å²) in [7, 11) is 7.40. The number of nitrogens with zero attached hydrogens (tertiary/aromatic N) is 1. The number of likely N-dealkylation sites (N-methyl/N-ethyl adjacent to an activating group) is 1. The molecule has 5 heteroatoms. The van der Waals surface area contributed by atoms with E-state index in [9.17, 15) is 4.79 Å². The zero-order valence-electron chi connectivity index (χ0n) is 15.4. The van der Waals surface area contributed by atoms with Crippen molar-refractivity contribution in [2.45, 2.75) is 44.1 Å². The van der Waals surface area contributed by atoms with Crippen LogP contribution >= 0.6 is 0 Å². The molecule has 0 heterocycles. The SMILES string of the molecule is COc1ccc(C(=O)NCC2(N(C)C)CCCCCC2)cc1OC. The van der Waals surface area contributed by atoms with Crippen LogP contribution in [0, 0.1) is 0 Å². The van der Waals surface area contributed by atoms with Crippen LogP contribution < -0.4 is 14.8 Å². The summed E-state index contributed by atoms with van der Waals surface area (Å²) in [5.41, 5.74) is 0.651. The number of methoxy groups -OCH3 is 2. The Hall–Kier alpha value is -1.75. The highest BCUT2D eigenvalue weighted by atomic mass is 16.5. The van der Waals surface area contributed by atoms with Gasteiger partial charge in [0, 0.05) is 17.6 Å². The predicted octanol–water partition coefficient (Wildman–Crippen LogP) is 3.09. The van der Waals surface area contributed by atoms with Crippen LogP contribution in [-0.2, 0) is 0 Å². The number of amides is 1. The average Bonchev–Trinajstić information content (AvgIpc) is 2.85. The fourth-order valence-corrected chi connectivity index (χ4v) is 3.49. The first-order valence-electron chi connectivity index (χ1n) is 8.70. The molecule has 0 unspecified atom stereocenters. The molecule has 5 nitrogen and oxygen atoms in total. The fraction of sp³-hybridized carbons (Fsp3) is 0.632. The highest BCUT2D eigenvalue weighted by Gasteiger charge is 2.33. The summed E-state index contributed by atoms with van der Waals surface area (Å²) in [6, 6.07) is 5.26. The Morgan fingerprint density at radius 1 is 1.08 bits per heavy atom. The maximum Gasteiger partial charge on any atom is 0.251 e. The standard InChI is InChI=1S/C19H30N2O3/c1-21(2)19(11-7-5-6-8-12-19)14-20-18(22)15-9-10-16(23-3)17(13-15)24-4/h9-10,13H,5-8,11-12,14H2,1-4H3,(H,20,22). The molecular weight excluding hydrogens is 304 g/mol. The van der Waals surface area contributed by atoms with Crippen LogP contribution in [0.1, 0.15) is 48.9 Å². The lowest BCUT2D eigenvalue weighted by Crippen LogP contribution is -2.52. The first kappa shape index (κ1) is 18.6. The van der Waals surface area contributed by atoms with E-state index in [-0.39, 0.29) is 11.4 Å². The maximum absolute atomic E-state index is 12.6. The van der Waals surface area contributed by atoms with E-state index in [1.54, 1.807) is 32.4 Å². The molecule has 1 amide bonds. The smallest absolute Gasteiger partial charge is 0.251 e. The number of rotatable bonds is 6. The Balaban J connectivity index is 2.08. The lowest BCUT2D eigenvalue weighted by Gasteiger charge is -2.39. The normalized spacial score (nSPS) is 17.2. The van der Waals surface area contributed by atoms with Gasteiger partial charge in [0.1, 0.15) is 0 Å². The molecule has 1 N–H and O–H groups in total. The van der Waals surface area contributed by atoms with Gasteiger partial charge in [0.15, 0.2) is 11.5 Å². The van der Waals surface area contributed by atoms with Gasteiger partial charge in [0.25, 0.3) is 5.91 Å². The van der Waals surface area contributed by atoms with Crippen molar-refractivity contribution in [1.29, 1.82) is 0 Å². The highest BCUT2D eigenvalue weighted by Crippen LogP contribution is 2.31. The third-order valence-corrected chi connectivity index (χ3v) is 5.21. The zero-order valence-corrected chi connectivity index (χ0v) is 15.4. The third kappa shape index (κ3) is 4.20. The van der Waals surface area contributed by atoms with Crippen LogP contribution in [0.4, 0.5) is 0 Å². The van der Waals surface area contributed by atoms with E-state index < -0.39 is 0 Å². The number of carbonyl (C=O) groups is 1. The Morgan fingerprint density at radius 2 is 1.71 bits per heavy atom. The summed E-state index contributed by atoms with van der Waals surface area (Å²) in [6.07, 6.45) is 7.30. The van der Waals surface area contributed by atoms with Crippen molar-refractivity contribution >= 4 is 5.91 Å². The Morgan fingerprint density at radius 3 is 2.25 bits per heavy atom. The van der Waals surface area contributed by atoms with E-state index in [1.165, 1.54) is 25.7 Å². The minimum Gasteiger partial charge on any atom is -0.493 e. The van der Waals surface area contributed by atoms with Crippen LogP contribution in [-0.4, -0.2) is 51.2 Å². The number of carbonyl (C=O) groups excluding carboxylic acids is 1. The number of benzene rings is 1. The minimum atomic E-state index is -0.0681. The van der Waals surface area contributed by atoms with Gasteiger partial charge in [-0.25, -0.2) is 0 Å². The molecule has 1 aromatic carbocycles. The van der Waals surface area contributed by atoms with Crippen LogP contribution in [0.25, 0.3) is 0 Å². The highest BCUT2D eigenvalue weighted by molar-refractivity contribution is 5.94. The van der Waals surface area contributed by atoms with Gasteiger partial charge in [-0.05, 0) is 45.1 Å². The van der Waals surface area contributed by atoms with Gasteiger partial charge in [-0.1, -0.05) is 25.7 Å². The van der Waals surface area contributed by atoms with Crippen LogP contribution in [0.15, 0.2) is 18.2 Å². The van der Waals surface area contributed by atoms with Gasteiger partial charge in [-0.2, -0.15) is 0 Å². The van der Waals surface area contributed by atoms with Gasteiger partial charge >= 0.3 is 0 Å². The van der Waals surface area contributed by atoms with E-state index >= 15 is 0 Å². The van der Waals surface area contributed by atoms with Crippen LogP contribution in [0.5, 0.6) is 11.5 Å². The van der Waals surface area contributed by atoms with Gasteiger partial charge in [-0.3, -0.25) is 4.79 Å². The van der Waals surface area contributed by atoms with Gasteiger partial charge < -0.3 is 19.7 Å². The lowest BCUT2D eigenvalue weighted by molar-refractivity contribution is 0.0868. The molecule has 1 aliphatic rings. The molecule has 0 bridgehead atoms. The largest absolute Gasteiger partial charge is 0.493 e. The van der Waals surface area contributed by atoms with E-state index in [4.69, 9.17) is 9.47 Å². The molecule has 134 valence electrons. The summed E-state index contributed by atoms with van der Waals surface area (Å²) < 4.78 is 10.5. The number of nitrogens with one attached hydrogen (secondary N) is 1. The second-order valence-corrected chi connectivity index (χ2v) is 6.79. The van der Waals surface area contributed by atoms with Crippen LogP contribution in [0.3, 0.4) is 0 Å². The number of hydrogen-bond donors (Lipinski definition) is 1. The van der Waals surface area contributed by atoms with Crippen LogP contribution in [0.2, 0.25) is 0 Å². The zero-order chi connectivity index (χ0) is 17.6. The second kappa shape index (κ2) is 8.38. The number of hydrogen-bond acceptors (Lipinski definition) is 4. The van der Waals surface area contributed by atoms with Crippen molar-refractivity contribution in [3.63, 3.8) is 0 Å². The minimum absolute atomic E-state index is 0.0583. The summed E-state index contributed by atoms with van der Waals surface area (Å²) in [5, 5.41) is 3.13. The van der Waals surface area contributed by atoms with Crippen molar-refractivity contribution in [2.75, 3.05) is 34.9 Å². The summed E-state index contributed by atoms with van der Waals surface area (Å²) in [4.78, 5) is 14.9. The molecule has 24 heavy (non-hydrogen) atoms. The third-order valence-electron chi connectivity index (χ3n) is 5.21. The predicted molar refractivity (Wildman–Crippen MR) is 96.0 cm³/mol. The van der Waals surface area contributed by atoms with Crippen molar-refractivity contribution < 1.29 is 14.3 Å². The first-order valence-corrected chi connectivity index (χ1v) is 8.70. The topological polar surface area (TPSA) is 50.8 Å². The summed E-state index contributed by atoms with van der Waals surface area (Å²) in [5.74, 6) is 1.13. The molecule has 0 aliphatic heterocycles. The average molecular weight is 334 g/mol. The molecule has 0 spiro atoms. The van der Waals surface area contributed by atoms with Crippen molar-refractivity contribution in [3.8, 4) is 11.5 Å². The van der Waals surface area contributed by atoms with E-state index in [1.807, 2.05) is 0 Å².